The minimum absolute atomic E-state index is 0.823. The van der Waals surface area contributed by atoms with Crippen molar-refractivity contribution in [3.8, 4) is 17.6 Å². The van der Waals surface area contributed by atoms with Gasteiger partial charge in [-0.15, -0.1) is 0 Å². The molecule has 0 atom stereocenters. The summed E-state index contributed by atoms with van der Waals surface area (Å²) < 4.78 is 5.63. The highest BCUT2D eigenvalue weighted by molar-refractivity contribution is 5.89. The van der Waals surface area contributed by atoms with E-state index >= 15 is 0 Å². The van der Waals surface area contributed by atoms with Crippen molar-refractivity contribution in [2.24, 2.45) is 0 Å². The third-order valence-electron chi connectivity index (χ3n) is 3.69. The van der Waals surface area contributed by atoms with Gasteiger partial charge in [0, 0.05) is 17.4 Å². The van der Waals surface area contributed by atoms with Crippen molar-refractivity contribution in [2.45, 2.75) is 12.8 Å². The van der Waals surface area contributed by atoms with Gasteiger partial charge in [-0.25, -0.2) is 0 Å². The third kappa shape index (κ3) is 3.13. The van der Waals surface area contributed by atoms with Crippen LogP contribution in [-0.2, 0) is 6.42 Å². The standard InChI is InChI=1S/C21H18O/c1-22-21-19(16-15-18-12-7-8-14-20(18)21)13-6-5-11-17-9-3-2-4-10-17/h2-4,7-10,12,14-16H,6,13H2,1H3. The van der Waals surface area contributed by atoms with Gasteiger partial charge in [-0.2, -0.15) is 0 Å². The van der Waals surface area contributed by atoms with Gasteiger partial charge in [-0.1, -0.05) is 66.4 Å². The number of ether oxygens (including phenoxy) is 1. The van der Waals surface area contributed by atoms with Crippen LogP contribution in [0.15, 0.2) is 66.7 Å². The van der Waals surface area contributed by atoms with Gasteiger partial charge in [-0.05, 0) is 29.5 Å². The lowest BCUT2D eigenvalue weighted by atomic mass is 10.0. The number of fused-ring (bicyclic) bond motifs is 1. The van der Waals surface area contributed by atoms with Crippen molar-refractivity contribution in [3.63, 3.8) is 0 Å². The second-order valence-corrected chi connectivity index (χ2v) is 5.15. The minimum Gasteiger partial charge on any atom is -0.496 e. The topological polar surface area (TPSA) is 9.23 Å². The first-order chi connectivity index (χ1) is 10.9. The Morgan fingerprint density at radius 2 is 1.64 bits per heavy atom. The van der Waals surface area contributed by atoms with Crippen molar-refractivity contribution >= 4 is 10.8 Å². The molecule has 108 valence electrons. The Balaban J connectivity index is 1.78. The van der Waals surface area contributed by atoms with E-state index in [9.17, 15) is 0 Å². The van der Waals surface area contributed by atoms with Gasteiger partial charge in [0.1, 0.15) is 5.75 Å². The molecule has 0 fully saturated rings. The van der Waals surface area contributed by atoms with Crippen LogP contribution in [0.4, 0.5) is 0 Å². The Labute approximate surface area is 131 Å². The molecule has 0 spiro atoms. The van der Waals surface area contributed by atoms with Gasteiger partial charge in [-0.3, -0.25) is 0 Å². The molecule has 3 aromatic carbocycles. The van der Waals surface area contributed by atoms with Crippen molar-refractivity contribution in [3.05, 3.63) is 77.9 Å². The van der Waals surface area contributed by atoms with Crippen LogP contribution in [-0.4, -0.2) is 7.11 Å². The van der Waals surface area contributed by atoms with Crippen LogP contribution in [0.3, 0.4) is 0 Å². The quantitative estimate of drug-likeness (QED) is 0.626. The van der Waals surface area contributed by atoms with Gasteiger partial charge < -0.3 is 4.74 Å². The molecule has 0 aliphatic carbocycles. The molecule has 0 radical (unpaired) electrons. The molecule has 0 bridgehead atoms. The zero-order valence-electron chi connectivity index (χ0n) is 12.7. The van der Waals surface area contributed by atoms with Crippen LogP contribution in [0.1, 0.15) is 17.5 Å². The molecule has 0 unspecified atom stereocenters. The van der Waals surface area contributed by atoms with Crippen molar-refractivity contribution < 1.29 is 4.74 Å². The lowest BCUT2D eigenvalue weighted by Gasteiger charge is -2.10. The van der Waals surface area contributed by atoms with Gasteiger partial charge in [0.05, 0.1) is 7.11 Å². The summed E-state index contributed by atoms with van der Waals surface area (Å²) in [6, 6.07) is 22.7. The SMILES string of the molecule is COc1c(CCC#Cc2ccccc2)ccc2ccccc12. The number of rotatable bonds is 3. The fraction of sp³-hybridized carbons (Fsp3) is 0.143. The van der Waals surface area contributed by atoms with E-state index in [1.54, 1.807) is 7.11 Å². The first-order valence-corrected chi connectivity index (χ1v) is 7.47. The highest BCUT2D eigenvalue weighted by Gasteiger charge is 2.06. The van der Waals surface area contributed by atoms with Gasteiger partial charge in [0.25, 0.3) is 0 Å². The largest absolute Gasteiger partial charge is 0.496 e. The van der Waals surface area contributed by atoms with Crippen LogP contribution in [0, 0.1) is 11.8 Å². The summed E-state index contributed by atoms with van der Waals surface area (Å²) >= 11 is 0. The highest BCUT2D eigenvalue weighted by Crippen LogP contribution is 2.30. The van der Waals surface area contributed by atoms with Crippen molar-refractivity contribution in [1.82, 2.24) is 0 Å². The molecule has 1 heteroatoms. The summed E-state index contributed by atoms with van der Waals surface area (Å²) in [5, 5.41) is 2.37. The lowest BCUT2D eigenvalue weighted by Crippen LogP contribution is -1.93. The molecular formula is C21H18O. The number of hydrogen-bond acceptors (Lipinski definition) is 1. The van der Waals surface area contributed by atoms with Gasteiger partial charge in [0.15, 0.2) is 0 Å². The van der Waals surface area contributed by atoms with E-state index in [-0.39, 0.29) is 0 Å². The Morgan fingerprint density at radius 1 is 0.864 bits per heavy atom. The summed E-state index contributed by atoms with van der Waals surface area (Å²) in [5.74, 6) is 7.41. The number of benzene rings is 3. The zero-order valence-corrected chi connectivity index (χ0v) is 12.7. The molecule has 3 aromatic rings. The molecule has 0 saturated carbocycles. The van der Waals surface area contributed by atoms with E-state index in [4.69, 9.17) is 4.74 Å². The Hall–Kier alpha value is -2.72. The van der Waals surface area contributed by atoms with Gasteiger partial charge in [0.2, 0.25) is 0 Å². The van der Waals surface area contributed by atoms with Crippen LogP contribution in [0.25, 0.3) is 10.8 Å². The Kier molecular flexibility index (Phi) is 4.41. The fourth-order valence-electron chi connectivity index (χ4n) is 2.61. The van der Waals surface area contributed by atoms with Gasteiger partial charge >= 0.3 is 0 Å². The maximum atomic E-state index is 5.63. The molecule has 0 aliphatic rings. The average molecular weight is 286 g/mol. The predicted octanol–water partition coefficient (Wildman–Crippen LogP) is 4.83. The molecule has 0 aliphatic heterocycles. The summed E-state index contributed by atoms with van der Waals surface area (Å²) in [4.78, 5) is 0. The Bertz CT molecular complexity index is 823. The molecule has 22 heavy (non-hydrogen) atoms. The Morgan fingerprint density at radius 3 is 2.45 bits per heavy atom. The van der Waals surface area contributed by atoms with Crippen molar-refractivity contribution in [2.75, 3.05) is 7.11 Å². The molecule has 0 N–H and O–H groups in total. The minimum atomic E-state index is 0.823. The molecule has 3 rings (SSSR count). The molecule has 0 heterocycles. The van der Waals surface area contributed by atoms with Crippen molar-refractivity contribution in [1.29, 1.82) is 0 Å². The maximum absolute atomic E-state index is 5.63. The van der Waals surface area contributed by atoms with E-state index in [1.807, 2.05) is 42.5 Å². The molecule has 0 aromatic heterocycles. The summed E-state index contributed by atoms with van der Waals surface area (Å²) in [6.45, 7) is 0. The normalized spacial score (nSPS) is 10.0. The molecule has 0 amide bonds. The van der Waals surface area contributed by atoms with E-state index in [0.717, 1.165) is 24.2 Å². The number of aryl methyl sites for hydroxylation is 1. The first-order valence-electron chi connectivity index (χ1n) is 7.47. The van der Waals surface area contributed by atoms with E-state index in [2.05, 4.69) is 36.1 Å². The lowest BCUT2D eigenvalue weighted by molar-refractivity contribution is 0.415. The summed E-state index contributed by atoms with van der Waals surface area (Å²) in [6.07, 6.45) is 1.72. The average Bonchev–Trinajstić information content (AvgIpc) is 2.59. The highest BCUT2D eigenvalue weighted by atomic mass is 16.5. The van der Waals surface area contributed by atoms with Crippen LogP contribution in [0.5, 0.6) is 5.75 Å². The smallest absolute Gasteiger partial charge is 0.129 e. The van der Waals surface area contributed by atoms with E-state index < -0.39 is 0 Å². The second-order valence-electron chi connectivity index (χ2n) is 5.15. The first kappa shape index (κ1) is 14.2. The van der Waals surface area contributed by atoms with Crippen LogP contribution in [0.2, 0.25) is 0 Å². The van der Waals surface area contributed by atoms with Crippen LogP contribution < -0.4 is 4.74 Å². The third-order valence-corrected chi connectivity index (χ3v) is 3.69. The predicted molar refractivity (Wildman–Crippen MR) is 92.1 cm³/mol. The fourth-order valence-corrected chi connectivity index (χ4v) is 2.61. The number of methoxy groups -OCH3 is 1. The van der Waals surface area contributed by atoms with E-state index in [1.165, 1.54) is 16.3 Å². The van der Waals surface area contributed by atoms with Crippen LogP contribution >= 0.6 is 0 Å². The zero-order chi connectivity index (χ0) is 15.2. The van der Waals surface area contributed by atoms with E-state index in [0.29, 0.717) is 0 Å². The summed E-state index contributed by atoms with van der Waals surface area (Å²) in [7, 11) is 1.74. The summed E-state index contributed by atoms with van der Waals surface area (Å²) in [5.41, 5.74) is 2.27. The second kappa shape index (κ2) is 6.83. The number of hydrogen-bond donors (Lipinski definition) is 0. The monoisotopic (exact) mass is 286 g/mol. The molecular weight excluding hydrogens is 268 g/mol. The molecule has 0 saturated heterocycles. The molecule has 1 nitrogen and oxygen atoms in total. The maximum Gasteiger partial charge on any atom is 0.129 e.